The van der Waals surface area contributed by atoms with Gasteiger partial charge in [0.25, 0.3) is 0 Å². The maximum atomic E-state index is 6.62. The highest BCUT2D eigenvalue weighted by Crippen LogP contribution is 2.44. The first-order valence-electron chi connectivity index (χ1n) is 16.6. The number of para-hydroxylation sites is 2. The number of hydrogen-bond acceptors (Lipinski definition) is 5. The van der Waals surface area contributed by atoms with E-state index >= 15 is 0 Å². The number of aromatic nitrogens is 3. The monoisotopic (exact) mass is 641 g/mol. The van der Waals surface area contributed by atoms with Gasteiger partial charge in [-0.1, -0.05) is 127 Å². The van der Waals surface area contributed by atoms with Crippen LogP contribution in [0, 0.1) is 0 Å². The van der Waals surface area contributed by atoms with Crippen molar-refractivity contribution in [3.63, 3.8) is 0 Å². The van der Waals surface area contributed by atoms with Crippen molar-refractivity contribution >= 4 is 43.9 Å². The van der Waals surface area contributed by atoms with E-state index in [4.69, 9.17) is 23.8 Å². The third-order valence-electron chi connectivity index (χ3n) is 9.37. The standard InChI is InChI=1S/C45H27N3O2/c1-4-14-28(15-5-1)31-26-27-38-40(34-21-11-12-22-36(34)49-38)41(31)45-47-43(30-18-8-3-9-19-30)46-44(48-45)35-25-24-32(29-16-6-2-7-17-29)42-39(35)33-20-10-13-23-37(33)50-42/h1-27H. The van der Waals surface area contributed by atoms with Crippen LogP contribution in [-0.4, -0.2) is 15.0 Å². The maximum absolute atomic E-state index is 6.62. The molecule has 0 saturated heterocycles. The number of furan rings is 2. The third-order valence-corrected chi connectivity index (χ3v) is 9.37. The van der Waals surface area contributed by atoms with Gasteiger partial charge in [-0.2, -0.15) is 0 Å². The lowest BCUT2D eigenvalue weighted by Crippen LogP contribution is -2.02. The Morgan fingerprint density at radius 2 is 0.820 bits per heavy atom. The average molecular weight is 642 g/mol. The fourth-order valence-electron chi connectivity index (χ4n) is 7.09. The summed E-state index contributed by atoms with van der Waals surface area (Å²) < 4.78 is 13.0. The van der Waals surface area contributed by atoms with E-state index < -0.39 is 0 Å². The molecule has 10 aromatic rings. The molecule has 5 heteroatoms. The zero-order valence-corrected chi connectivity index (χ0v) is 26.7. The van der Waals surface area contributed by atoms with Crippen LogP contribution < -0.4 is 0 Å². The molecule has 0 fully saturated rings. The van der Waals surface area contributed by atoms with Crippen molar-refractivity contribution in [3.8, 4) is 56.4 Å². The van der Waals surface area contributed by atoms with Crippen LogP contribution in [0.5, 0.6) is 0 Å². The molecule has 234 valence electrons. The second-order valence-corrected chi connectivity index (χ2v) is 12.3. The highest BCUT2D eigenvalue weighted by molar-refractivity contribution is 6.17. The van der Waals surface area contributed by atoms with Crippen LogP contribution in [0.2, 0.25) is 0 Å². The molecule has 50 heavy (non-hydrogen) atoms. The summed E-state index contributed by atoms with van der Waals surface area (Å²) in [7, 11) is 0. The predicted molar refractivity (Wildman–Crippen MR) is 202 cm³/mol. The Bertz CT molecular complexity index is 2860. The minimum Gasteiger partial charge on any atom is -0.456 e. The van der Waals surface area contributed by atoms with E-state index in [0.29, 0.717) is 17.5 Å². The summed E-state index contributed by atoms with van der Waals surface area (Å²) in [6, 6.07) is 55.5. The number of benzene rings is 7. The first-order chi connectivity index (χ1) is 24.8. The normalized spacial score (nSPS) is 11.6. The van der Waals surface area contributed by atoms with Crippen LogP contribution in [0.25, 0.3) is 100 Å². The number of hydrogen-bond donors (Lipinski definition) is 0. The van der Waals surface area contributed by atoms with Gasteiger partial charge in [-0.15, -0.1) is 0 Å². The Kier molecular flexibility index (Phi) is 6.42. The zero-order chi connectivity index (χ0) is 33.0. The van der Waals surface area contributed by atoms with Crippen LogP contribution in [0.15, 0.2) is 173 Å². The van der Waals surface area contributed by atoms with E-state index in [0.717, 1.165) is 82.8 Å². The molecule has 3 aromatic heterocycles. The molecule has 10 rings (SSSR count). The SMILES string of the molecule is c1ccc(-c2nc(-c3c(-c4ccccc4)ccc4oc5ccccc5c34)nc(-c3ccc(-c4ccccc4)c4oc5ccccc5c34)n2)cc1. The van der Waals surface area contributed by atoms with Crippen molar-refractivity contribution < 1.29 is 8.83 Å². The Morgan fingerprint density at radius 1 is 0.320 bits per heavy atom. The van der Waals surface area contributed by atoms with Crippen LogP contribution in [-0.2, 0) is 0 Å². The molecule has 0 aliphatic heterocycles. The van der Waals surface area contributed by atoms with E-state index in [2.05, 4.69) is 66.7 Å². The van der Waals surface area contributed by atoms with Gasteiger partial charge in [-0.25, -0.2) is 15.0 Å². The number of rotatable bonds is 5. The predicted octanol–water partition coefficient (Wildman–Crippen LogP) is 12.0. The maximum Gasteiger partial charge on any atom is 0.165 e. The fraction of sp³-hybridized carbons (Fsp3) is 0. The number of fused-ring (bicyclic) bond motifs is 6. The van der Waals surface area contributed by atoms with Gasteiger partial charge in [-0.05, 0) is 53.1 Å². The van der Waals surface area contributed by atoms with E-state index in [9.17, 15) is 0 Å². The average Bonchev–Trinajstić information content (AvgIpc) is 3.77. The molecule has 0 amide bonds. The molecule has 7 aromatic carbocycles. The van der Waals surface area contributed by atoms with Gasteiger partial charge < -0.3 is 8.83 Å². The summed E-state index contributed by atoms with van der Waals surface area (Å²) in [6.07, 6.45) is 0. The lowest BCUT2D eigenvalue weighted by atomic mass is 9.94. The van der Waals surface area contributed by atoms with Gasteiger partial charge in [0.15, 0.2) is 17.5 Å². The topological polar surface area (TPSA) is 65.0 Å². The molecule has 0 N–H and O–H groups in total. The van der Waals surface area contributed by atoms with Crippen LogP contribution in [0.4, 0.5) is 0 Å². The molecule has 0 spiro atoms. The first-order valence-corrected chi connectivity index (χ1v) is 16.6. The van der Waals surface area contributed by atoms with Gasteiger partial charge in [0.2, 0.25) is 0 Å². The molecule has 0 bridgehead atoms. The van der Waals surface area contributed by atoms with Crippen molar-refractivity contribution in [1.82, 2.24) is 15.0 Å². The van der Waals surface area contributed by atoms with E-state index in [1.165, 1.54) is 0 Å². The van der Waals surface area contributed by atoms with Gasteiger partial charge in [0, 0.05) is 43.8 Å². The Morgan fingerprint density at radius 3 is 1.52 bits per heavy atom. The largest absolute Gasteiger partial charge is 0.456 e. The molecule has 5 nitrogen and oxygen atoms in total. The second kappa shape index (κ2) is 11.4. The summed E-state index contributed by atoms with van der Waals surface area (Å²) in [4.78, 5) is 15.8. The molecular formula is C45H27N3O2. The molecule has 0 aliphatic rings. The van der Waals surface area contributed by atoms with Crippen molar-refractivity contribution in [2.24, 2.45) is 0 Å². The summed E-state index contributed by atoms with van der Waals surface area (Å²) in [5, 5.41) is 3.95. The van der Waals surface area contributed by atoms with Gasteiger partial charge in [0.1, 0.15) is 22.3 Å². The van der Waals surface area contributed by atoms with Crippen LogP contribution >= 0.6 is 0 Å². The fourth-order valence-corrected chi connectivity index (χ4v) is 7.09. The van der Waals surface area contributed by atoms with Crippen molar-refractivity contribution in [3.05, 3.63) is 164 Å². The van der Waals surface area contributed by atoms with E-state index in [-0.39, 0.29) is 0 Å². The second-order valence-electron chi connectivity index (χ2n) is 12.3. The van der Waals surface area contributed by atoms with Crippen molar-refractivity contribution in [1.29, 1.82) is 0 Å². The summed E-state index contributed by atoms with van der Waals surface area (Å²) in [6.45, 7) is 0. The molecule has 0 radical (unpaired) electrons. The first kappa shape index (κ1) is 28.2. The molecule has 0 saturated carbocycles. The van der Waals surface area contributed by atoms with Crippen molar-refractivity contribution in [2.45, 2.75) is 0 Å². The molecule has 0 unspecified atom stereocenters. The Labute approximate surface area is 287 Å². The molecule has 0 atom stereocenters. The zero-order valence-electron chi connectivity index (χ0n) is 26.7. The highest BCUT2D eigenvalue weighted by Gasteiger charge is 2.24. The molecule has 3 heterocycles. The lowest BCUT2D eigenvalue weighted by molar-refractivity contribution is 0.669. The Balaban J connectivity index is 1.32. The summed E-state index contributed by atoms with van der Waals surface area (Å²) in [5.41, 5.74) is 10.0. The van der Waals surface area contributed by atoms with E-state index in [1.807, 2.05) is 97.1 Å². The minimum atomic E-state index is 0.564. The van der Waals surface area contributed by atoms with Crippen molar-refractivity contribution in [2.75, 3.05) is 0 Å². The summed E-state index contributed by atoms with van der Waals surface area (Å²) in [5.74, 6) is 1.72. The van der Waals surface area contributed by atoms with Gasteiger partial charge in [0.05, 0.1) is 0 Å². The van der Waals surface area contributed by atoms with Crippen LogP contribution in [0.1, 0.15) is 0 Å². The quantitative estimate of drug-likeness (QED) is 0.187. The van der Waals surface area contributed by atoms with Crippen LogP contribution in [0.3, 0.4) is 0 Å². The number of nitrogens with zero attached hydrogens (tertiary/aromatic N) is 3. The summed E-state index contributed by atoms with van der Waals surface area (Å²) >= 11 is 0. The molecular weight excluding hydrogens is 615 g/mol. The minimum absolute atomic E-state index is 0.564. The van der Waals surface area contributed by atoms with Gasteiger partial charge in [-0.3, -0.25) is 0 Å². The lowest BCUT2D eigenvalue weighted by Gasteiger charge is -2.14. The Hall–Kier alpha value is -6.85. The van der Waals surface area contributed by atoms with E-state index in [1.54, 1.807) is 0 Å². The van der Waals surface area contributed by atoms with Gasteiger partial charge >= 0.3 is 0 Å². The smallest absolute Gasteiger partial charge is 0.165 e. The molecule has 0 aliphatic carbocycles. The highest BCUT2D eigenvalue weighted by atomic mass is 16.3. The third kappa shape index (κ3) is 4.52.